The Morgan fingerprint density at radius 3 is 1.40 bits per heavy atom. The van der Waals surface area contributed by atoms with Gasteiger partial charge in [0.05, 0.1) is 0 Å². The van der Waals surface area contributed by atoms with Crippen molar-refractivity contribution in [1.29, 1.82) is 0 Å². The Balaban J connectivity index is 0.000000428. The molecule has 20 heavy (non-hydrogen) atoms. The fourth-order valence-electron chi connectivity index (χ4n) is 1.93. The molecule has 0 fully saturated rings. The number of nitrogens with zero attached hydrogens (tertiary/aromatic N) is 1. The average molecular weight is 278 g/mol. The topological polar surface area (TPSA) is 29.3 Å². The van der Waals surface area contributed by atoms with Crippen LogP contribution in [-0.2, 0) is 0 Å². The van der Waals surface area contributed by atoms with E-state index in [-0.39, 0.29) is 0 Å². The zero-order chi connectivity index (χ0) is 15.1. The molecule has 2 N–H and O–H groups in total. The third-order valence-corrected chi connectivity index (χ3v) is 3.28. The molecule has 0 aromatic heterocycles. The average Bonchev–Trinajstić information content (AvgIpc) is 2.48. The van der Waals surface area contributed by atoms with Gasteiger partial charge in [-0.2, -0.15) is 0 Å². The van der Waals surface area contributed by atoms with Gasteiger partial charge in [-0.05, 0) is 51.0 Å². The van der Waals surface area contributed by atoms with Crippen molar-refractivity contribution >= 4 is 5.69 Å². The molecule has 0 saturated carbocycles. The number of unbranched alkanes of at least 4 members (excludes halogenated alkanes) is 3. The van der Waals surface area contributed by atoms with Crippen molar-refractivity contribution in [2.75, 3.05) is 25.4 Å². The molecule has 1 aromatic carbocycles. The van der Waals surface area contributed by atoms with Crippen molar-refractivity contribution in [1.82, 2.24) is 4.90 Å². The standard InChI is InChI=1S/C12H27N.C6H7N/c1-4-7-10-13(11-8-5-2)12-9-6-3;7-6-4-2-1-3-5-6/h4-12H2,1-3H3;1-5H,7H2. The van der Waals surface area contributed by atoms with Gasteiger partial charge in [0.15, 0.2) is 0 Å². The van der Waals surface area contributed by atoms with E-state index in [0.29, 0.717) is 0 Å². The van der Waals surface area contributed by atoms with Gasteiger partial charge in [-0.1, -0.05) is 58.2 Å². The van der Waals surface area contributed by atoms with Gasteiger partial charge >= 0.3 is 0 Å². The van der Waals surface area contributed by atoms with Crippen LogP contribution in [0.2, 0.25) is 0 Å². The van der Waals surface area contributed by atoms with Gasteiger partial charge in [-0.15, -0.1) is 0 Å². The van der Waals surface area contributed by atoms with Crippen molar-refractivity contribution in [3.05, 3.63) is 30.3 Å². The van der Waals surface area contributed by atoms with Crippen molar-refractivity contribution in [3.63, 3.8) is 0 Å². The van der Waals surface area contributed by atoms with Crippen LogP contribution in [0.5, 0.6) is 0 Å². The Labute approximate surface area is 126 Å². The van der Waals surface area contributed by atoms with Crippen LogP contribution in [0.1, 0.15) is 59.3 Å². The van der Waals surface area contributed by atoms with Gasteiger partial charge in [-0.3, -0.25) is 0 Å². The van der Waals surface area contributed by atoms with E-state index in [1.54, 1.807) is 0 Å². The molecule has 1 rings (SSSR count). The van der Waals surface area contributed by atoms with Crippen molar-refractivity contribution in [3.8, 4) is 0 Å². The summed E-state index contributed by atoms with van der Waals surface area (Å²) in [4.78, 5) is 2.64. The largest absolute Gasteiger partial charge is 0.399 e. The normalized spacial score (nSPS) is 10.2. The van der Waals surface area contributed by atoms with Crippen molar-refractivity contribution in [2.45, 2.75) is 59.3 Å². The van der Waals surface area contributed by atoms with Crippen molar-refractivity contribution < 1.29 is 0 Å². The third-order valence-electron chi connectivity index (χ3n) is 3.28. The molecule has 0 atom stereocenters. The van der Waals surface area contributed by atoms with E-state index in [2.05, 4.69) is 25.7 Å². The summed E-state index contributed by atoms with van der Waals surface area (Å²) in [5, 5.41) is 0. The lowest BCUT2D eigenvalue weighted by Gasteiger charge is -2.21. The minimum atomic E-state index is 0.822. The van der Waals surface area contributed by atoms with E-state index >= 15 is 0 Å². The molecule has 0 spiro atoms. The van der Waals surface area contributed by atoms with Crippen LogP contribution in [0.15, 0.2) is 30.3 Å². The summed E-state index contributed by atoms with van der Waals surface area (Å²) in [5.74, 6) is 0. The van der Waals surface area contributed by atoms with Crippen LogP contribution in [0.4, 0.5) is 5.69 Å². The van der Waals surface area contributed by atoms with E-state index in [1.165, 1.54) is 58.2 Å². The van der Waals surface area contributed by atoms with E-state index in [9.17, 15) is 0 Å². The van der Waals surface area contributed by atoms with Gasteiger partial charge in [0.2, 0.25) is 0 Å². The number of nitrogens with two attached hydrogens (primary N) is 1. The zero-order valence-corrected chi connectivity index (χ0v) is 13.8. The van der Waals surface area contributed by atoms with E-state index in [1.807, 2.05) is 30.3 Å². The number of rotatable bonds is 9. The lowest BCUT2D eigenvalue weighted by atomic mass is 10.2. The number of nitrogen functional groups attached to an aromatic ring is 1. The summed E-state index contributed by atoms with van der Waals surface area (Å²) < 4.78 is 0. The molecule has 0 radical (unpaired) electrons. The van der Waals surface area contributed by atoms with Gasteiger partial charge < -0.3 is 10.6 Å². The Bertz CT molecular complexity index is 266. The van der Waals surface area contributed by atoms with Crippen LogP contribution in [0, 0.1) is 0 Å². The summed E-state index contributed by atoms with van der Waals surface area (Å²) in [7, 11) is 0. The van der Waals surface area contributed by atoms with E-state index < -0.39 is 0 Å². The van der Waals surface area contributed by atoms with Crippen molar-refractivity contribution in [2.24, 2.45) is 0 Å². The first-order valence-corrected chi connectivity index (χ1v) is 8.27. The second-order valence-corrected chi connectivity index (χ2v) is 5.31. The fourth-order valence-corrected chi connectivity index (χ4v) is 1.93. The minimum Gasteiger partial charge on any atom is -0.399 e. The first kappa shape index (κ1) is 19.0. The number of benzene rings is 1. The van der Waals surface area contributed by atoms with Crippen LogP contribution in [0.25, 0.3) is 0 Å². The predicted molar refractivity (Wildman–Crippen MR) is 92.0 cm³/mol. The highest BCUT2D eigenvalue weighted by molar-refractivity contribution is 5.35. The third kappa shape index (κ3) is 12.0. The molecule has 0 aliphatic heterocycles. The molecular formula is C18H34N2. The molecule has 0 unspecified atom stereocenters. The lowest BCUT2D eigenvalue weighted by Crippen LogP contribution is -2.27. The Morgan fingerprint density at radius 1 is 0.750 bits per heavy atom. The smallest absolute Gasteiger partial charge is 0.0313 e. The summed E-state index contributed by atoms with van der Waals surface area (Å²) in [6.45, 7) is 10.8. The highest BCUT2D eigenvalue weighted by Gasteiger charge is 2.01. The lowest BCUT2D eigenvalue weighted by molar-refractivity contribution is 0.261. The van der Waals surface area contributed by atoms with E-state index in [0.717, 1.165) is 5.69 Å². The van der Waals surface area contributed by atoms with Crippen LogP contribution >= 0.6 is 0 Å². The zero-order valence-electron chi connectivity index (χ0n) is 13.8. The van der Waals surface area contributed by atoms with Crippen LogP contribution in [-0.4, -0.2) is 24.5 Å². The second-order valence-electron chi connectivity index (χ2n) is 5.31. The number of hydrogen-bond acceptors (Lipinski definition) is 2. The number of para-hydroxylation sites is 1. The van der Waals surface area contributed by atoms with Gasteiger partial charge in [0, 0.05) is 5.69 Å². The molecule has 0 bridgehead atoms. The molecule has 2 heteroatoms. The van der Waals surface area contributed by atoms with Crippen LogP contribution < -0.4 is 5.73 Å². The molecule has 1 aromatic rings. The number of anilines is 1. The molecule has 0 saturated heterocycles. The highest BCUT2D eigenvalue weighted by atomic mass is 15.1. The maximum absolute atomic E-state index is 5.36. The summed E-state index contributed by atoms with van der Waals surface area (Å²) in [5.41, 5.74) is 6.18. The summed E-state index contributed by atoms with van der Waals surface area (Å²) >= 11 is 0. The number of hydrogen-bond donors (Lipinski definition) is 1. The maximum Gasteiger partial charge on any atom is 0.0313 e. The van der Waals surface area contributed by atoms with Gasteiger partial charge in [0.25, 0.3) is 0 Å². The van der Waals surface area contributed by atoms with Gasteiger partial charge in [-0.25, -0.2) is 0 Å². The molecule has 0 aliphatic rings. The monoisotopic (exact) mass is 278 g/mol. The maximum atomic E-state index is 5.36. The quantitative estimate of drug-likeness (QED) is 0.647. The Morgan fingerprint density at radius 2 is 1.15 bits per heavy atom. The summed E-state index contributed by atoms with van der Waals surface area (Å²) in [6.07, 6.45) is 8.09. The molecule has 0 aliphatic carbocycles. The second kappa shape index (κ2) is 14.4. The summed E-state index contributed by atoms with van der Waals surface area (Å²) in [6, 6.07) is 9.49. The first-order chi connectivity index (χ1) is 9.74. The predicted octanol–water partition coefficient (Wildman–Crippen LogP) is 4.96. The Kier molecular flexibility index (Phi) is 13.7. The van der Waals surface area contributed by atoms with E-state index in [4.69, 9.17) is 5.73 Å². The van der Waals surface area contributed by atoms with Gasteiger partial charge in [0.1, 0.15) is 0 Å². The molecular weight excluding hydrogens is 244 g/mol. The SMILES string of the molecule is CCCCN(CCCC)CCCC.Nc1ccccc1. The molecule has 116 valence electrons. The molecule has 0 heterocycles. The van der Waals surface area contributed by atoms with Crippen LogP contribution in [0.3, 0.4) is 0 Å². The minimum absolute atomic E-state index is 0.822. The highest BCUT2D eigenvalue weighted by Crippen LogP contribution is 2.01. The Hall–Kier alpha value is -1.02. The first-order valence-electron chi connectivity index (χ1n) is 8.27. The fraction of sp³-hybridized carbons (Fsp3) is 0.667. The molecule has 2 nitrogen and oxygen atoms in total. The molecule has 0 amide bonds.